The molecule has 0 aromatic carbocycles. The number of aromatic nitrogens is 1. The van der Waals surface area contributed by atoms with Gasteiger partial charge < -0.3 is 16.0 Å². The van der Waals surface area contributed by atoms with E-state index in [4.69, 9.17) is 0 Å². The Balaban J connectivity index is 0.00000220. The molecular weight excluding hydrogens is 327 g/mol. The number of rotatable bonds is 6. The number of anilines is 1. The van der Waals surface area contributed by atoms with Gasteiger partial charge in [-0.2, -0.15) is 0 Å². The first-order valence-corrected chi connectivity index (χ1v) is 6.85. The molecule has 3 N–H and O–H groups in total. The molecule has 0 bridgehead atoms. The lowest BCUT2D eigenvalue weighted by Crippen LogP contribution is -2.49. The van der Waals surface area contributed by atoms with Gasteiger partial charge in [-0.05, 0) is 31.1 Å². The molecule has 124 valence electrons. The number of hydrogen-bond acceptors (Lipinski definition) is 4. The maximum absolute atomic E-state index is 11.8. The third-order valence-corrected chi connectivity index (χ3v) is 3.53. The van der Waals surface area contributed by atoms with Gasteiger partial charge >= 0.3 is 0 Å². The molecule has 1 aromatic rings. The fraction of sp³-hybridized carbons (Fsp3) is 0.500. The zero-order chi connectivity index (χ0) is 14.4. The van der Waals surface area contributed by atoms with Crippen LogP contribution in [0, 0.1) is 11.8 Å². The molecule has 1 fully saturated rings. The molecule has 2 rings (SSSR count). The minimum atomic E-state index is -0.128. The van der Waals surface area contributed by atoms with E-state index < -0.39 is 0 Å². The lowest BCUT2D eigenvalue weighted by atomic mass is 9.88. The average Bonchev–Trinajstić information content (AvgIpc) is 2.37. The van der Waals surface area contributed by atoms with E-state index >= 15 is 0 Å². The molecule has 0 saturated carbocycles. The van der Waals surface area contributed by atoms with Gasteiger partial charge in [0.25, 0.3) is 0 Å². The molecule has 1 aromatic heterocycles. The van der Waals surface area contributed by atoms with Crippen LogP contribution in [0.5, 0.6) is 0 Å². The van der Waals surface area contributed by atoms with Crippen molar-refractivity contribution in [3.8, 4) is 0 Å². The molecule has 0 radical (unpaired) electrons. The Morgan fingerprint density at radius 1 is 1.41 bits per heavy atom. The normalized spacial score (nSPS) is 14.6. The van der Waals surface area contributed by atoms with Crippen LogP contribution in [0.15, 0.2) is 24.5 Å². The second-order valence-corrected chi connectivity index (χ2v) is 5.04. The highest BCUT2D eigenvalue weighted by Gasteiger charge is 2.28. The van der Waals surface area contributed by atoms with Gasteiger partial charge in [0.1, 0.15) is 0 Å². The summed E-state index contributed by atoms with van der Waals surface area (Å²) < 4.78 is 0. The number of halogens is 2. The highest BCUT2D eigenvalue weighted by Crippen LogP contribution is 2.15. The van der Waals surface area contributed by atoms with Gasteiger partial charge in [0.15, 0.2) is 0 Å². The van der Waals surface area contributed by atoms with Crippen LogP contribution in [0.2, 0.25) is 0 Å². The van der Waals surface area contributed by atoms with Crippen LogP contribution < -0.4 is 16.0 Å². The fourth-order valence-corrected chi connectivity index (χ4v) is 2.00. The topological polar surface area (TPSA) is 83.1 Å². The predicted molar refractivity (Wildman–Crippen MR) is 90.5 cm³/mol. The summed E-state index contributed by atoms with van der Waals surface area (Å²) in [5.41, 5.74) is 0.665. The monoisotopic (exact) mass is 348 g/mol. The van der Waals surface area contributed by atoms with Crippen molar-refractivity contribution in [2.75, 3.05) is 25.0 Å². The summed E-state index contributed by atoms with van der Waals surface area (Å²) in [5, 5.41) is 8.68. The summed E-state index contributed by atoms with van der Waals surface area (Å²) in [7, 11) is 0. The molecule has 1 saturated heterocycles. The molecule has 22 heavy (non-hydrogen) atoms. The van der Waals surface area contributed by atoms with Gasteiger partial charge in [-0.3, -0.25) is 14.6 Å². The van der Waals surface area contributed by atoms with E-state index in [1.807, 2.05) is 6.92 Å². The van der Waals surface area contributed by atoms with Crippen LogP contribution in [0.1, 0.15) is 13.3 Å². The Kier molecular flexibility index (Phi) is 9.73. The minimum absolute atomic E-state index is 0. The van der Waals surface area contributed by atoms with Gasteiger partial charge in [0, 0.05) is 25.1 Å². The van der Waals surface area contributed by atoms with Crippen molar-refractivity contribution in [3.05, 3.63) is 24.5 Å². The molecule has 2 amide bonds. The minimum Gasteiger partial charge on any atom is -0.355 e. The molecule has 1 atom stereocenters. The van der Waals surface area contributed by atoms with E-state index in [0.717, 1.165) is 13.1 Å². The number of pyridine rings is 1. The standard InChI is InChI=1S/C14H20N4O2.2ClH/c1-10(11-7-16-8-11)14(20)17-6-4-13(19)18-12-3-2-5-15-9-12;;/h2-3,5,9-11,16H,4,6-8H2,1H3,(H,17,20)(H,18,19);2*1H. The number of nitrogens with one attached hydrogen (secondary N) is 3. The van der Waals surface area contributed by atoms with E-state index in [1.54, 1.807) is 24.5 Å². The van der Waals surface area contributed by atoms with Crippen molar-refractivity contribution < 1.29 is 9.59 Å². The van der Waals surface area contributed by atoms with Crippen LogP contribution in [0.4, 0.5) is 5.69 Å². The Morgan fingerprint density at radius 2 is 2.14 bits per heavy atom. The average molecular weight is 349 g/mol. The van der Waals surface area contributed by atoms with Gasteiger partial charge in [0.05, 0.1) is 11.9 Å². The number of carbonyl (C=O) groups excluding carboxylic acids is 2. The zero-order valence-electron chi connectivity index (χ0n) is 12.4. The maximum Gasteiger partial charge on any atom is 0.226 e. The molecule has 1 aliphatic heterocycles. The zero-order valence-corrected chi connectivity index (χ0v) is 14.0. The first kappa shape index (κ1) is 20.6. The lowest BCUT2D eigenvalue weighted by molar-refractivity contribution is -0.126. The van der Waals surface area contributed by atoms with Gasteiger partial charge in [0.2, 0.25) is 11.8 Å². The number of amides is 2. The van der Waals surface area contributed by atoms with Crippen molar-refractivity contribution in [3.63, 3.8) is 0 Å². The first-order valence-electron chi connectivity index (χ1n) is 6.85. The lowest BCUT2D eigenvalue weighted by Gasteiger charge is -2.31. The second-order valence-electron chi connectivity index (χ2n) is 5.04. The van der Waals surface area contributed by atoms with Gasteiger partial charge in [-0.25, -0.2) is 0 Å². The van der Waals surface area contributed by atoms with E-state index in [9.17, 15) is 9.59 Å². The Labute approximate surface area is 142 Å². The highest BCUT2D eigenvalue weighted by atomic mass is 35.5. The van der Waals surface area contributed by atoms with Crippen LogP contribution in [0.25, 0.3) is 0 Å². The van der Waals surface area contributed by atoms with Crippen LogP contribution in [-0.4, -0.2) is 36.4 Å². The Bertz CT molecular complexity index is 469. The van der Waals surface area contributed by atoms with Gasteiger partial charge in [-0.1, -0.05) is 6.92 Å². The second kappa shape index (κ2) is 10.4. The molecular formula is C14H22Cl2N4O2. The molecule has 1 unspecified atom stereocenters. The smallest absolute Gasteiger partial charge is 0.226 e. The summed E-state index contributed by atoms with van der Waals surface area (Å²) in [5.74, 6) is 0.304. The van der Waals surface area contributed by atoms with Crippen LogP contribution in [-0.2, 0) is 9.59 Å². The molecule has 1 aliphatic rings. The van der Waals surface area contributed by atoms with Crippen molar-refractivity contribution in [2.45, 2.75) is 13.3 Å². The quantitative estimate of drug-likeness (QED) is 0.721. The highest BCUT2D eigenvalue weighted by molar-refractivity contribution is 5.91. The van der Waals surface area contributed by atoms with Crippen molar-refractivity contribution in [2.24, 2.45) is 11.8 Å². The van der Waals surface area contributed by atoms with E-state index in [1.165, 1.54) is 0 Å². The van der Waals surface area contributed by atoms with E-state index in [-0.39, 0.29) is 49.0 Å². The summed E-state index contributed by atoms with van der Waals surface area (Å²) in [6, 6.07) is 3.53. The molecule has 8 heteroatoms. The molecule has 2 heterocycles. The molecule has 0 spiro atoms. The first-order chi connectivity index (χ1) is 9.66. The SMILES string of the molecule is CC(C(=O)NCCC(=O)Nc1cccnc1)C1CNC1.Cl.Cl. The van der Waals surface area contributed by atoms with Crippen LogP contribution in [0.3, 0.4) is 0 Å². The molecule has 0 aliphatic carbocycles. The van der Waals surface area contributed by atoms with Crippen molar-refractivity contribution in [1.82, 2.24) is 15.6 Å². The summed E-state index contributed by atoms with van der Waals surface area (Å²) >= 11 is 0. The summed E-state index contributed by atoms with van der Waals surface area (Å²) in [6.45, 7) is 4.08. The summed E-state index contributed by atoms with van der Waals surface area (Å²) in [6.07, 6.45) is 3.49. The fourth-order valence-electron chi connectivity index (χ4n) is 2.00. The number of carbonyl (C=O) groups is 2. The van der Waals surface area contributed by atoms with Gasteiger partial charge in [-0.15, -0.1) is 24.8 Å². The van der Waals surface area contributed by atoms with Crippen LogP contribution >= 0.6 is 24.8 Å². The van der Waals surface area contributed by atoms with E-state index in [2.05, 4.69) is 20.9 Å². The molecule has 6 nitrogen and oxygen atoms in total. The van der Waals surface area contributed by atoms with Crippen molar-refractivity contribution >= 4 is 42.3 Å². The number of hydrogen-bond donors (Lipinski definition) is 3. The Morgan fingerprint density at radius 3 is 2.68 bits per heavy atom. The predicted octanol–water partition coefficient (Wildman–Crippen LogP) is 1.23. The van der Waals surface area contributed by atoms with E-state index in [0.29, 0.717) is 18.2 Å². The maximum atomic E-state index is 11.8. The largest absolute Gasteiger partial charge is 0.355 e. The third-order valence-electron chi connectivity index (χ3n) is 3.53. The summed E-state index contributed by atoms with van der Waals surface area (Å²) in [4.78, 5) is 27.4. The number of nitrogens with zero attached hydrogens (tertiary/aromatic N) is 1. The van der Waals surface area contributed by atoms with Crippen molar-refractivity contribution in [1.29, 1.82) is 0 Å². The third kappa shape index (κ3) is 6.17. The Hall–Kier alpha value is -1.37.